The maximum absolute atomic E-state index is 11.5. The lowest BCUT2D eigenvalue weighted by Gasteiger charge is -2.16. The van der Waals surface area contributed by atoms with Crippen LogP contribution in [-0.4, -0.2) is 24.8 Å². The van der Waals surface area contributed by atoms with Crippen LogP contribution in [0.4, 0.5) is 0 Å². The molecular weight excluding hydrogens is 292 g/mol. The number of benzene rings is 2. The van der Waals surface area contributed by atoms with Gasteiger partial charge in [0.25, 0.3) is 0 Å². The molecule has 0 heterocycles. The topological polar surface area (TPSA) is 55.8 Å². The van der Waals surface area contributed by atoms with E-state index in [1.807, 2.05) is 6.07 Å². The molecule has 0 aromatic heterocycles. The van der Waals surface area contributed by atoms with E-state index in [-0.39, 0.29) is 6.61 Å². The summed E-state index contributed by atoms with van der Waals surface area (Å²) < 4.78 is 10.8. The Labute approximate surface area is 127 Å². The molecule has 1 unspecified atom stereocenters. The SMILES string of the molecule is COc1ccccc1OCC(C(=O)O)c1ccccc1Cl. The zero-order valence-electron chi connectivity index (χ0n) is 11.5. The van der Waals surface area contributed by atoms with Gasteiger partial charge in [-0.15, -0.1) is 0 Å². The molecule has 1 N–H and O–H groups in total. The van der Waals surface area contributed by atoms with Gasteiger partial charge in [-0.1, -0.05) is 41.9 Å². The highest BCUT2D eigenvalue weighted by atomic mass is 35.5. The molecule has 0 aliphatic heterocycles. The van der Waals surface area contributed by atoms with E-state index >= 15 is 0 Å². The highest BCUT2D eigenvalue weighted by molar-refractivity contribution is 6.31. The standard InChI is InChI=1S/C16H15ClO4/c1-20-14-8-4-5-9-15(14)21-10-12(16(18)19)11-6-2-3-7-13(11)17/h2-9,12H,10H2,1H3,(H,18,19). The van der Waals surface area contributed by atoms with Gasteiger partial charge in [-0.25, -0.2) is 0 Å². The Kier molecular flexibility index (Phi) is 5.06. The average molecular weight is 307 g/mol. The Morgan fingerprint density at radius 3 is 2.38 bits per heavy atom. The zero-order chi connectivity index (χ0) is 15.2. The number of carbonyl (C=O) groups is 1. The summed E-state index contributed by atoms with van der Waals surface area (Å²) in [6.07, 6.45) is 0. The normalized spacial score (nSPS) is 11.7. The van der Waals surface area contributed by atoms with Crippen molar-refractivity contribution in [2.24, 2.45) is 0 Å². The molecule has 2 rings (SSSR count). The van der Waals surface area contributed by atoms with Crippen molar-refractivity contribution < 1.29 is 19.4 Å². The predicted molar refractivity (Wildman–Crippen MR) is 80.3 cm³/mol. The molecule has 5 heteroatoms. The summed E-state index contributed by atoms with van der Waals surface area (Å²) in [6, 6.07) is 13.9. The number of methoxy groups -OCH3 is 1. The fourth-order valence-electron chi connectivity index (χ4n) is 1.96. The number of ether oxygens (including phenoxy) is 2. The molecule has 0 saturated heterocycles. The Morgan fingerprint density at radius 2 is 1.76 bits per heavy atom. The van der Waals surface area contributed by atoms with Gasteiger partial charge < -0.3 is 14.6 Å². The van der Waals surface area contributed by atoms with Crippen molar-refractivity contribution in [3.05, 3.63) is 59.1 Å². The molecule has 0 amide bonds. The van der Waals surface area contributed by atoms with E-state index in [0.717, 1.165) is 0 Å². The highest BCUT2D eigenvalue weighted by Gasteiger charge is 2.23. The maximum atomic E-state index is 11.5. The average Bonchev–Trinajstić information content (AvgIpc) is 2.49. The quantitative estimate of drug-likeness (QED) is 0.886. The molecule has 4 nitrogen and oxygen atoms in total. The summed E-state index contributed by atoms with van der Waals surface area (Å²) in [6.45, 7) is -0.0283. The second-order valence-corrected chi connectivity index (χ2v) is 4.78. The lowest BCUT2D eigenvalue weighted by molar-refractivity contribution is -0.139. The lowest BCUT2D eigenvalue weighted by Crippen LogP contribution is -2.20. The maximum Gasteiger partial charge on any atom is 0.314 e. The van der Waals surface area contributed by atoms with Crippen LogP contribution in [0.1, 0.15) is 11.5 Å². The van der Waals surface area contributed by atoms with Crippen LogP contribution in [0.15, 0.2) is 48.5 Å². The van der Waals surface area contributed by atoms with Crippen LogP contribution in [0.5, 0.6) is 11.5 Å². The minimum absolute atomic E-state index is 0.0283. The van der Waals surface area contributed by atoms with E-state index in [0.29, 0.717) is 22.1 Å². The first-order valence-electron chi connectivity index (χ1n) is 6.36. The van der Waals surface area contributed by atoms with Gasteiger partial charge in [0.2, 0.25) is 0 Å². The van der Waals surface area contributed by atoms with Crippen LogP contribution in [0.25, 0.3) is 0 Å². The Bertz CT molecular complexity index is 627. The van der Waals surface area contributed by atoms with Crippen molar-refractivity contribution >= 4 is 17.6 Å². The summed E-state index contributed by atoms with van der Waals surface area (Å²) in [7, 11) is 1.53. The van der Waals surface area contributed by atoms with Crippen molar-refractivity contribution in [1.82, 2.24) is 0 Å². The molecule has 0 radical (unpaired) electrons. The van der Waals surface area contributed by atoms with Crippen LogP contribution in [0, 0.1) is 0 Å². The molecule has 1 atom stereocenters. The molecule has 110 valence electrons. The number of para-hydroxylation sites is 2. The summed E-state index contributed by atoms with van der Waals surface area (Å²) in [5.74, 6) is -0.777. The molecule has 0 aliphatic carbocycles. The number of carboxylic acid groups (broad SMARTS) is 1. The van der Waals surface area contributed by atoms with Crippen molar-refractivity contribution in [1.29, 1.82) is 0 Å². The van der Waals surface area contributed by atoms with E-state index in [9.17, 15) is 9.90 Å². The van der Waals surface area contributed by atoms with E-state index in [2.05, 4.69) is 0 Å². The molecule has 0 bridgehead atoms. The monoisotopic (exact) mass is 306 g/mol. The second kappa shape index (κ2) is 6.99. The van der Waals surface area contributed by atoms with E-state index in [1.165, 1.54) is 7.11 Å². The number of aliphatic carboxylic acids is 1. The van der Waals surface area contributed by atoms with Gasteiger partial charge >= 0.3 is 5.97 Å². The molecular formula is C16H15ClO4. The number of halogens is 1. The molecule has 0 fully saturated rings. The first-order valence-corrected chi connectivity index (χ1v) is 6.74. The first-order chi connectivity index (χ1) is 10.1. The third-order valence-corrected chi connectivity index (χ3v) is 3.40. The van der Waals surface area contributed by atoms with Gasteiger partial charge in [0.05, 0.1) is 7.11 Å². The smallest absolute Gasteiger partial charge is 0.314 e. The van der Waals surface area contributed by atoms with E-state index in [1.54, 1.807) is 42.5 Å². The fourth-order valence-corrected chi connectivity index (χ4v) is 2.23. The summed E-state index contributed by atoms with van der Waals surface area (Å²) in [5, 5.41) is 9.80. The van der Waals surface area contributed by atoms with Gasteiger partial charge in [-0.05, 0) is 23.8 Å². The predicted octanol–water partition coefficient (Wildman–Crippen LogP) is 3.60. The Morgan fingerprint density at radius 1 is 1.14 bits per heavy atom. The van der Waals surface area contributed by atoms with E-state index < -0.39 is 11.9 Å². The van der Waals surface area contributed by atoms with Gasteiger partial charge in [0.1, 0.15) is 12.5 Å². The summed E-state index contributed by atoms with van der Waals surface area (Å²) in [4.78, 5) is 11.5. The number of carboxylic acids is 1. The van der Waals surface area contributed by atoms with Crippen LogP contribution in [-0.2, 0) is 4.79 Å². The number of rotatable bonds is 6. The summed E-state index contributed by atoms with van der Waals surface area (Å²) >= 11 is 6.06. The Balaban J connectivity index is 2.18. The first kappa shape index (κ1) is 15.2. The van der Waals surface area contributed by atoms with Gasteiger partial charge in [0.15, 0.2) is 11.5 Å². The molecule has 0 aliphatic rings. The molecule has 2 aromatic carbocycles. The number of hydrogen-bond donors (Lipinski definition) is 1. The van der Waals surface area contributed by atoms with Crippen molar-refractivity contribution in [3.8, 4) is 11.5 Å². The second-order valence-electron chi connectivity index (χ2n) is 4.37. The molecule has 0 spiro atoms. The highest BCUT2D eigenvalue weighted by Crippen LogP contribution is 2.29. The van der Waals surface area contributed by atoms with Crippen LogP contribution >= 0.6 is 11.6 Å². The van der Waals surface area contributed by atoms with Gasteiger partial charge in [-0.3, -0.25) is 4.79 Å². The van der Waals surface area contributed by atoms with Crippen molar-refractivity contribution in [2.45, 2.75) is 5.92 Å². The Hall–Kier alpha value is -2.20. The molecule has 0 saturated carbocycles. The van der Waals surface area contributed by atoms with Crippen LogP contribution in [0.3, 0.4) is 0 Å². The van der Waals surface area contributed by atoms with Crippen molar-refractivity contribution in [3.63, 3.8) is 0 Å². The van der Waals surface area contributed by atoms with Gasteiger partial charge in [-0.2, -0.15) is 0 Å². The minimum atomic E-state index is -0.988. The fraction of sp³-hybridized carbons (Fsp3) is 0.188. The zero-order valence-corrected chi connectivity index (χ0v) is 12.2. The summed E-state index contributed by atoms with van der Waals surface area (Å²) in [5.41, 5.74) is 0.529. The lowest BCUT2D eigenvalue weighted by atomic mass is 10.0. The third kappa shape index (κ3) is 3.67. The number of hydrogen-bond acceptors (Lipinski definition) is 3. The van der Waals surface area contributed by atoms with Crippen LogP contribution in [0.2, 0.25) is 5.02 Å². The van der Waals surface area contributed by atoms with Crippen molar-refractivity contribution in [2.75, 3.05) is 13.7 Å². The van der Waals surface area contributed by atoms with Gasteiger partial charge in [0, 0.05) is 5.02 Å². The van der Waals surface area contributed by atoms with E-state index in [4.69, 9.17) is 21.1 Å². The molecule has 21 heavy (non-hydrogen) atoms. The third-order valence-electron chi connectivity index (χ3n) is 3.05. The molecule has 2 aromatic rings. The van der Waals surface area contributed by atoms with Crippen LogP contribution < -0.4 is 9.47 Å². The minimum Gasteiger partial charge on any atom is -0.493 e. The largest absolute Gasteiger partial charge is 0.493 e.